The molecule has 1 unspecified atom stereocenters. The van der Waals surface area contributed by atoms with Crippen LogP contribution in [0.25, 0.3) is 0 Å². The minimum absolute atomic E-state index is 0.165. The number of hydrogen-bond acceptors (Lipinski definition) is 4. The van der Waals surface area contributed by atoms with Crippen LogP contribution in [-0.4, -0.2) is 24.6 Å². The molecule has 0 aliphatic heterocycles. The molecule has 0 fully saturated rings. The molecule has 0 amide bonds. The second kappa shape index (κ2) is 5.15. The molecule has 1 rings (SSSR count). The maximum absolute atomic E-state index is 4.68. The monoisotopic (exact) mass is 241 g/mol. The van der Waals surface area contributed by atoms with Gasteiger partial charge in [-0.25, -0.2) is 4.98 Å². The Hall–Kier alpha value is -0.610. The normalized spacial score (nSPS) is 13.9. The molecule has 0 spiro atoms. The van der Waals surface area contributed by atoms with Crippen molar-refractivity contribution < 1.29 is 0 Å². The fourth-order valence-electron chi connectivity index (χ4n) is 1.27. The van der Waals surface area contributed by atoms with Crippen molar-refractivity contribution in [2.24, 2.45) is 0 Å². The molecule has 1 aromatic heterocycles. The lowest BCUT2D eigenvalue weighted by Gasteiger charge is -2.34. The molecule has 0 aliphatic carbocycles. The van der Waals surface area contributed by atoms with Crippen LogP contribution in [-0.2, 0) is 0 Å². The minimum atomic E-state index is 0.165. The van der Waals surface area contributed by atoms with Crippen LogP contribution in [0.15, 0.2) is 5.38 Å². The summed E-state index contributed by atoms with van der Waals surface area (Å²) in [5.41, 5.74) is 1.29. The lowest BCUT2D eigenvalue weighted by Crippen LogP contribution is -2.40. The molecule has 4 heteroatoms. The van der Waals surface area contributed by atoms with E-state index >= 15 is 0 Å². The van der Waals surface area contributed by atoms with Gasteiger partial charge in [-0.1, -0.05) is 6.92 Å². The van der Waals surface area contributed by atoms with Crippen molar-refractivity contribution >= 4 is 16.5 Å². The topological polar surface area (TPSA) is 28.2 Å². The molecule has 1 aromatic rings. The van der Waals surface area contributed by atoms with Gasteiger partial charge in [-0.3, -0.25) is 0 Å². The molecule has 1 atom stereocenters. The first-order valence-electron chi connectivity index (χ1n) is 5.79. The van der Waals surface area contributed by atoms with Crippen LogP contribution in [0.1, 0.15) is 45.9 Å². The standard InChI is InChI=1S/C12H23N3S/c1-7-12(3,4)15(6)11-14-10(8-16-11)9(2)13-5/h8-9,13H,7H2,1-6H3. The molecule has 0 radical (unpaired) electrons. The van der Waals surface area contributed by atoms with Gasteiger partial charge in [-0.05, 0) is 34.2 Å². The summed E-state index contributed by atoms with van der Waals surface area (Å²) in [6, 6.07) is 0.322. The molecule has 0 aromatic carbocycles. The number of thiazole rings is 1. The van der Waals surface area contributed by atoms with Gasteiger partial charge in [-0.2, -0.15) is 0 Å². The van der Waals surface area contributed by atoms with Gasteiger partial charge in [0.2, 0.25) is 0 Å². The summed E-state index contributed by atoms with van der Waals surface area (Å²) in [7, 11) is 4.08. The smallest absolute Gasteiger partial charge is 0.185 e. The van der Waals surface area contributed by atoms with Crippen LogP contribution in [0.4, 0.5) is 5.13 Å². The lowest BCUT2D eigenvalue weighted by atomic mass is 10.0. The van der Waals surface area contributed by atoms with E-state index in [2.05, 4.69) is 55.3 Å². The summed E-state index contributed by atoms with van der Waals surface area (Å²) in [4.78, 5) is 6.94. The summed E-state index contributed by atoms with van der Waals surface area (Å²) < 4.78 is 0. The molecule has 0 saturated heterocycles. The number of anilines is 1. The Morgan fingerprint density at radius 3 is 2.69 bits per heavy atom. The van der Waals surface area contributed by atoms with Crippen molar-refractivity contribution in [2.75, 3.05) is 19.0 Å². The Morgan fingerprint density at radius 2 is 2.19 bits per heavy atom. The summed E-state index contributed by atoms with van der Waals surface area (Å²) in [6.07, 6.45) is 1.11. The maximum atomic E-state index is 4.68. The molecular weight excluding hydrogens is 218 g/mol. The first-order chi connectivity index (χ1) is 7.42. The first kappa shape index (κ1) is 13.5. The lowest BCUT2D eigenvalue weighted by molar-refractivity contribution is 0.469. The van der Waals surface area contributed by atoms with E-state index in [1.807, 2.05) is 7.05 Å². The van der Waals surface area contributed by atoms with Crippen LogP contribution >= 0.6 is 11.3 Å². The number of nitrogens with zero attached hydrogens (tertiary/aromatic N) is 2. The average Bonchev–Trinajstić information content (AvgIpc) is 2.76. The summed E-state index contributed by atoms with van der Waals surface area (Å²) in [5, 5.41) is 6.45. The zero-order valence-corrected chi connectivity index (χ0v) is 12.0. The van der Waals surface area contributed by atoms with Crippen molar-refractivity contribution in [2.45, 2.75) is 45.7 Å². The Kier molecular flexibility index (Phi) is 4.33. The van der Waals surface area contributed by atoms with Gasteiger partial charge in [0.15, 0.2) is 5.13 Å². The SMILES string of the molecule is CCC(C)(C)N(C)c1nc(C(C)NC)cs1. The number of hydrogen-bond donors (Lipinski definition) is 1. The van der Waals surface area contributed by atoms with Crippen LogP contribution in [0.3, 0.4) is 0 Å². The fourth-order valence-corrected chi connectivity index (χ4v) is 2.32. The molecule has 3 nitrogen and oxygen atoms in total. The highest BCUT2D eigenvalue weighted by atomic mass is 32.1. The number of nitrogens with one attached hydrogen (secondary N) is 1. The van der Waals surface area contributed by atoms with Crippen LogP contribution in [0.2, 0.25) is 0 Å². The highest BCUT2D eigenvalue weighted by molar-refractivity contribution is 7.13. The van der Waals surface area contributed by atoms with E-state index in [9.17, 15) is 0 Å². The van der Waals surface area contributed by atoms with Crippen molar-refractivity contribution in [3.63, 3.8) is 0 Å². The van der Waals surface area contributed by atoms with Crippen LogP contribution in [0.5, 0.6) is 0 Å². The van der Waals surface area contributed by atoms with Gasteiger partial charge in [0.05, 0.1) is 5.69 Å². The molecule has 0 saturated carbocycles. The predicted octanol–water partition coefficient (Wildman–Crippen LogP) is 3.05. The summed E-state index contributed by atoms with van der Waals surface area (Å²) in [5.74, 6) is 0. The van der Waals surface area contributed by atoms with E-state index in [1.165, 1.54) is 0 Å². The van der Waals surface area contributed by atoms with Gasteiger partial charge < -0.3 is 10.2 Å². The van der Waals surface area contributed by atoms with Crippen molar-refractivity contribution in [1.29, 1.82) is 0 Å². The molecule has 16 heavy (non-hydrogen) atoms. The van der Waals surface area contributed by atoms with Gasteiger partial charge in [0.25, 0.3) is 0 Å². The van der Waals surface area contributed by atoms with E-state index in [0.717, 1.165) is 17.2 Å². The molecular formula is C12H23N3S. The van der Waals surface area contributed by atoms with E-state index in [0.29, 0.717) is 6.04 Å². The molecule has 1 heterocycles. The first-order valence-corrected chi connectivity index (χ1v) is 6.67. The quantitative estimate of drug-likeness (QED) is 0.859. The Balaban J connectivity index is 2.86. The van der Waals surface area contributed by atoms with Gasteiger partial charge in [0, 0.05) is 24.0 Å². The Bertz CT molecular complexity index is 333. The van der Waals surface area contributed by atoms with E-state index in [-0.39, 0.29) is 5.54 Å². The Morgan fingerprint density at radius 1 is 1.56 bits per heavy atom. The Labute approximate surface area is 103 Å². The zero-order valence-electron chi connectivity index (χ0n) is 11.2. The third-order valence-electron chi connectivity index (χ3n) is 3.45. The number of aromatic nitrogens is 1. The minimum Gasteiger partial charge on any atom is -0.346 e. The molecule has 0 bridgehead atoms. The molecule has 0 aliphatic rings. The van der Waals surface area contributed by atoms with E-state index in [4.69, 9.17) is 0 Å². The second-order valence-electron chi connectivity index (χ2n) is 4.79. The van der Waals surface area contributed by atoms with E-state index in [1.54, 1.807) is 11.3 Å². The van der Waals surface area contributed by atoms with Crippen molar-refractivity contribution in [1.82, 2.24) is 10.3 Å². The summed E-state index contributed by atoms with van der Waals surface area (Å²) >= 11 is 1.72. The predicted molar refractivity (Wildman–Crippen MR) is 72.4 cm³/mol. The summed E-state index contributed by atoms with van der Waals surface area (Å²) in [6.45, 7) is 8.83. The van der Waals surface area contributed by atoms with Gasteiger partial charge in [0.1, 0.15) is 0 Å². The highest BCUT2D eigenvalue weighted by Crippen LogP contribution is 2.29. The van der Waals surface area contributed by atoms with E-state index < -0.39 is 0 Å². The zero-order chi connectivity index (χ0) is 12.3. The maximum Gasteiger partial charge on any atom is 0.185 e. The highest BCUT2D eigenvalue weighted by Gasteiger charge is 2.24. The fraction of sp³-hybridized carbons (Fsp3) is 0.750. The van der Waals surface area contributed by atoms with Gasteiger partial charge >= 0.3 is 0 Å². The third-order valence-corrected chi connectivity index (χ3v) is 4.38. The van der Waals surface area contributed by atoms with Crippen molar-refractivity contribution in [3.05, 3.63) is 11.1 Å². The largest absolute Gasteiger partial charge is 0.346 e. The second-order valence-corrected chi connectivity index (χ2v) is 5.63. The average molecular weight is 241 g/mol. The van der Waals surface area contributed by atoms with Crippen LogP contribution in [0, 0.1) is 0 Å². The molecule has 1 N–H and O–H groups in total. The van der Waals surface area contributed by atoms with Crippen LogP contribution < -0.4 is 10.2 Å². The molecule has 92 valence electrons. The van der Waals surface area contributed by atoms with Gasteiger partial charge in [-0.15, -0.1) is 11.3 Å². The van der Waals surface area contributed by atoms with Crippen molar-refractivity contribution in [3.8, 4) is 0 Å². The number of rotatable bonds is 5. The third kappa shape index (κ3) is 2.74.